The van der Waals surface area contributed by atoms with Crippen LogP contribution in [-0.2, 0) is 14.8 Å². The van der Waals surface area contributed by atoms with Crippen molar-refractivity contribution in [3.63, 3.8) is 0 Å². The predicted molar refractivity (Wildman–Crippen MR) is 61.8 cm³/mol. The molecule has 1 atom stereocenters. The van der Waals surface area contributed by atoms with Crippen molar-refractivity contribution in [2.24, 2.45) is 10.2 Å². The Bertz CT molecular complexity index is 607. The van der Waals surface area contributed by atoms with Crippen LogP contribution in [0.25, 0.3) is 0 Å². The lowest BCUT2D eigenvalue weighted by molar-refractivity contribution is -0.120. The van der Waals surface area contributed by atoms with Crippen LogP contribution in [0.2, 0.25) is 0 Å². The minimum absolute atomic E-state index is 0.0116. The molecule has 1 amide bonds. The van der Waals surface area contributed by atoms with Crippen LogP contribution >= 0.6 is 0 Å². The van der Waals surface area contributed by atoms with Gasteiger partial charge in [0.05, 0.1) is 10.6 Å². The fourth-order valence-electron chi connectivity index (χ4n) is 1.73. The average Bonchev–Trinajstić information content (AvgIpc) is 2.57. The number of hydrogen-bond acceptors (Lipinski definition) is 4. The van der Waals surface area contributed by atoms with Gasteiger partial charge in [0.1, 0.15) is 5.92 Å². The molecule has 1 aliphatic heterocycles. The molecule has 1 aliphatic rings. The average molecular weight is 253 g/mol. The van der Waals surface area contributed by atoms with Crippen LogP contribution in [0.3, 0.4) is 0 Å². The Morgan fingerprint density at radius 1 is 1.41 bits per heavy atom. The van der Waals surface area contributed by atoms with Crippen LogP contribution in [-0.4, -0.2) is 20.0 Å². The smallest absolute Gasteiger partial charge is 0.253 e. The summed E-state index contributed by atoms with van der Waals surface area (Å²) in [4.78, 5) is 11.5. The van der Waals surface area contributed by atoms with Gasteiger partial charge >= 0.3 is 0 Å². The van der Waals surface area contributed by atoms with E-state index in [4.69, 9.17) is 5.14 Å². The number of amides is 1. The van der Waals surface area contributed by atoms with Crippen molar-refractivity contribution in [2.75, 3.05) is 0 Å². The Kier molecular flexibility index (Phi) is 2.72. The fraction of sp³-hybridized carbons (Fsp3) is 0.200. The van der Waals surface area contributed by atoms with E-state index in [9.17, 15) is 13.2 Å². The zero-order valence-electron chi connectivity index (χ0n) is 9.04. The van der Waals surface area contributed by atoms with Gasteiger partial charge in [0.25, 0.3) is 5.91 Å². The first-order chi connectivity index (χ1) is 7.89. The summed E-state index contributed by atoms with van der Waals surface area (Å²) in [7, 11) is -3.76. The second-order valence-corrected chi connectivity index (χ2v) is 5.34. The van der Waals surface area contributed by atoms with Crippen molar-refractivity contribution in [1.29, 1.82) is 0 Å². The molecule has 7 heteroatoms. The number of hydrogen-bond donors (Lipinski definition) is 2. The third-order valence-corrected chi connectivity index (χ3v) is 3.45. The minimum atomic E-state index is -3.76. The normalized spacial score (nSPS) is 20.0. The van der Waals surface area contributed by atoms with Gasteiger partial charge in [-0.25, -0.2) is 19.0 Å². The molecule has 0 aliphatic carbocycles. The molecule has 0 saturated heterocycles. The first-order valence-electron chi connectivity index (χ1n) is 4.86. The number of carbonyl (C=O) groups is 1. The number of nitrogens with two attached hydrogens (primary N) is 1. The molecule has 0 spiro atoms. The van der Waals surface area contributed by atoms with E-state index in [-0.39, 0.29) is 10.8 Å². The van der Waals surface area contributed by atoms with Gasteiger partial charge < -0.3 is 0 Å². The van der Waals surface area contributed by atoms with Gasteiger partial charge in [0, 0.05) is 0 Å². The Morgan fingerprint density at radius 2 is 2.12 bits per heavy atom. The molecule has 90 valence electrons. The molecule has 3 N–H and O–H groups in total. The minimum Gasteiger partial charge on any atom is -0.272 e. The SMILES string of the molecule is CC1=NNC(=O)C1c1cccc(S(N)(=O)=O)c1. The maximum atomic E-state index is 11.5. The first-order valence-corrected chi connectivity index (χ1v) is 6.41. The summed E-state index contributed by atoms with van der Waals surface area (Å²) in [5.41, 5.74) is 3.51. The molecule has 1 unspecified atom stereocenters. The fourth-order valence-corrected chi connectivity index (χ4v) is 2.29. The number of sulfonamides is 1. The predicted octanol–water partition coefficient (Wildman–Crippen LogP) is -0.0767. The van der Waals surface area contributed by atoms with E-state index in [2.05, 4.69) is 10.5 Å². The second kappa shape index (κ2) is 3.94. The third kappa shape index (κ3) is 2.20. The number of primary sulfonamides is 1. The summed E-state index contributed by atoms with van der Waals surface area (Å²) in [5, 5.41) is 8.84. The molecule has 1 aromatic carbocycles. The van der Waals surface area contributed by atoms with Gasteiger partial charge in [0.15, 0.2) is 0 Å². The standard InChI is InChI=1S/C10H11N3O3S/c1-6-9(10(14)13-12-6)7-3-2-4-8(5-7)17(11,15)16/h2-5,9H,1H3,(H,13,14)(H2,11,15,16). The molecule has 0 bridgehead atoms. The Labute approximate surface area is 98.6 Å². The topological polar surface area (TPSA) is 102 Å². The van der Waals surface area contributed by atoms with Gasteiger partial charge in [-0.15, -0.1) is 0 Å². The van der Waals surface area contributed by atoms with Gasteiger partial charge in [0.2, 0.25) is 10.0 Å². The van der Waals surface area contributed by atoms with Gasteiger partial charge in [-0.1, -0.05) is 12.1 Å². The van der Waals surface area contributed by atoms with Crippen molar-refractivity contribution in [3.05, 3.63) is 29.8 Å². The third-order valence-electron chi connectivity index (χ3n) is 2.54. The van der Waals surface area contributed by atoms with Gasteiger partial charge in [-0.05, 0) is 24.6 Å². The number of carbonyl (C=O) groups excluding carboxylic acids is 1. The van der Waals surface area contributed by atoms with Crippen LogP contribution < -0.4 is 10.6 Å². The van der Waals surface area contributed by atoms with E-state index in [0.717, 1.165) is 0 Å². The molecule has 2 rings (SSSR count). The van der Waals surface area contributed by atoms with Crippen LogP contribution in [0, 0.1) is 0 Å². The molecule has 0 saturated carbocycles. The quantitative estimate of drug-likeness (QED) is 0.770. The Morgan fingerprint density at radius 3 is 2.65 bits per heavy atom. The van der Waals surface area contributed by atoms with E-state index >= 15 is 0 Å². The number of rotatable bonds is 2. The summed E-state index contributed by atoms with van der Waals surface area (Å²) >= 11 is 0. The van der Waals surface area contributed by atoms with E-state index < -0.39 is 15.9 Å². The zero-order valence-corrected chi connectivity index (χ0v) is 9.86. The maximum absolute atomic E-state index is 11.5. The van der Waals surface area contributed by atoms with Crippen molar-refractivity contribution in [3.8, 4) is 0 Å². The lowest BCUT2D eigenvalue weighted by atomic mass is 9.95. The largest absolute Gasteiger partial charge is 0.272 e. The second-order valence-electron chi connectivity index (χ2n) is 3.78. The molecular formula is C10H11N3O3S. The lowest BCUT2D eigenvalue weighted by Crippen LogP contribution is -2.21. The van der Waals surface area contributed by atoms with Crippen LogP contribution in [0.4, 0.5) is 0 Å². The monoisotopic (exact) mass is 253 g/mol. The molecule has 6 nitrogen and oxygen atoms in total. The molecule has 0 radical (unpaired) electrons. The molecule has 0 aromatic heterocycles. The summed E-state index contributed by atoms with van der Waals surface area (Å²) in [6.45, 7) is 1.70. The van der Waals surface area contributed by atoms with E-state index in [0.29, 0.717) is 11.3 Å². The summed E-state index contributed by atoms with van der Waals surface area (Å²) < 4.78 is 22.4. The number of benzene rings is 1. The van der Waals surface area contributed by atoms with Crippen molar-refractivity contribution in [1.82, 2.24) is 5.43 Å². The highest BCUT2D eigenvalue weighted by atomic mass is 32.2. The lowest BCUT2D eigenvalue weighted by Gasteiger charge is -2.09. The van der Waals surface area contributed by atoms with Crippen molar-refractivity contribution >= 4 is 21.6 Å². The molecular weight excluding hydrogens is 242 g/mol. The first kappa shape index (κ1) is 11.7. The summed E-state index contributed by atoms with van der Waals surface area (Å²) in [6.07, 6.45) is 0. The van der Waals surface area contributed by atoms with Gasteiger partial charge in [-0.2, -0.15) is 5.10 Å². The zero-order chi connectivity index (χ0) is 12.6. The molecule has 1 heterocycles. The molecule has 17 heavy (non-hydrogen) atoms. The summed E-state index contributed by atoms with van der Waals surface area (Å²) in [6, 6.07) is 6.00. The Hall–Kier alpha value is -1.73. The van der Waals surface area contributed by atoms with E-state index in [1.807, 2.05) is 0 Å². The highest BCUT2D eigenvalue weighted by Crippen LogP contribution is 2.23. The highest BCUT2D eigenvalue weighted by Gasteiger charge is 2.29. The van der Waals surface area contributed by atoms with Gasteiger partial charge in [-0.3, -0.25) is 4.79 Å². The molecule has 1 aromatic rings. The van der Waals surface area contributed by atoms with Crippen molar-refractivity contribution < 1.29 is 13.2 Å². The summed E-state index contributed by atoms with van der Waals surface area (Å²) in [5.74, 6) is -0.814. The van der Waals surface area contributed by atoms with Crippen LogP contribution in [0.5, 0.6) is 0 Å². The maximum Gasteiger partial charge on any atom is 0.253 e. The number of nitrogens with zero attached hydrogens (tertiary/aromatic N) is 1. The van der Waals surface area contributed by atoms with Crippen molar-refractivity contribution in [2.45, 2.75) is 17.7 Å². The van der Waals surface area contributed by atoms with Crippen LogP contribution in [0.1, 0.15) is 18.4 Å². The van der Waals surface area contributed by atoms with E-state index in [1.54, 1.807) is 19.1 Å². The molecule has 0 fully saturated rings. The van der Waals surface area contributed by atoms with E-state index in [1.165, 1.54) is 12.1 Å². The Balaban J connectivity index is 2.48. The van der Waals surface area contributed by atoms with Crippen LogP contribution in [0.15, 0.2) is 34.3 Å². The number of nitrogens with one attached hydrogen (secondary N) is 1. The number of hydrazone groups is 1. The highest BCUT2D eigenvalue weighted by molar-refractivity contribution is 7.89.